The molecule has 1 aliphatic heterocycles. The largest absolute Gasteiger partial charge is 0.493 e. The van der Waals surface area contributed by atoms with Crippen LogP contribution in [0.15, 0.2) is 24.3 Å². The van der Waals surface area contributed by atoms with Gasteiger partial charge in [0.25, 0.3) is 0 Å². The van der Waals surface area contributed by atoms with Crippen molar-refractivity contribution in [2.45, 2.75) is 12.3 Å². The highest BCUT2D eigenvalue weighted by atomic mass is 16.7. The predicted molar refractivity (Wildman–Crippen MR) is 89.5 cm³/mol. The van der Waals surface area contributed by atoms with Gasteiger partial charge in [-0.25, -0.2) is 0 Å². The molecule has 0 N–H and O–H groups in total. The van der Waals surface area contributed by atoms with Crippen LogP contribution in [0.2, 0.25) is 0 Å². The molecule has 0 saturated heterocycles. The van der Waals surface area contributed by atoms with Crippen LogP contribution in [0.4, 0.5) is 0 Å². The molecule has 2 aliphatic rings. The molecule has 2 aromatic carbocycles. The fourth-order valence-corrected chi connectivity index (χ4v) is 3.57. The minimum atomic E-state index is -0.133. The molecule has 0 amide bonds. The minimum Gasteiger partial charge on any atom is -0.493 e. The first-order chi connectivity index (χ1) is 12.2. The Morgan fingerprint density at radius 2 is 1.72 bits per heavy atom. The summed E-state index contributed by atoms with van der Waals surface area (Å²) >= 11 is 0. The van der Waals surface area contributed by atoms with Crippen molar-refractivity contribution in [3.63, 3.8) is 0 Å². The van der Waals surface area contributed by atoms with E-state index in [1.54, 1.807) is 27.4 Å². The SMILES string of the molecule is COc1cc2c(c(OC)c1OC)C(c1ccc3c(c1)OCO3)CC2=O. The average Bonchev–Trinajstić information content (AvgIpc) is 3.23. The van der Waals surface area contributed by atoms with Gasteiger partial charge in [-0.1, -0.05) is 6.07 Å². The zero-order chi connectivity index (χ0) is 17.6. The van der Waals surface area contributed by atoms with Crippen LogP contribution in [-0.4, -0.2) is 33.9 Å². The summed E-state index contributed by atoms with van der Waals surface area (Å²) in [5, 5.41) is 0. The molecule has 1 aliphatic carbocycles. The Labute approximate surface area is 145 Å². The van der Waals surface area contributed by atoms with Crippen LogP contribution in [0, 0.1) is 0 Å². The first-order valence-corrected chi connectivity index (χ1v) is 7.93. The van der Waals surface area contributed by atoms with Crippen molar-refractivity contribution in [1.82, 2.24) is 0 Å². The third-order valence-corrected chi connectivity index (χ3v) is 4.71. The van der Waals surface area contributed by atoms with Crippen molar-refractivity contribution in [2.24, 2.45) is 0 Å². The molecule has 130 valence electrons. The molecule has 1 atom stereocenters. The number of carbonyl (C=O) groups excluding carboxylic acids is 1. The van der Waals surface area contributed by atoms with Gasteiger partial charge in [-0.05, 0) is 23.8 Å². The second-order valence-electron chi connectivity index (χ2n) is 5.90. The van der Waals surface area contributed by atoms with Crippen molar-refractivity contribution in [3.05, 3.63) is 41.0 Å². The van der Waals surface area contributed by atoms with Gasteiger partial charge in [0.15, 0.2) is 28.8 Å². The molecular weight excluding hydrogens is 324 g/mol. The van der Waals surface area contributed by atoms with Crippen molar-refractivity contribution in [2.75, 3.05) is 28.1 Å². The van der Waals surface area contributed by atoms with Gasteiger partial charge < -0.3 is 23.7 Å². The first-order valence-electron chi connectivity index (χ1n) is 7.93. The lowest BCUT2D eigenvalue weighted by Gasteiger charge is -2.19. The number of rotatable bonds is 4. The third kappa shape index (κ3) is 2.28. The lowest BCUT2D eigenvalue weighted by atomic mass is 9.91. The van der Waals surface area contributed by atoms with E-state index in [0.29, 0.717) is 40.7 Å². The lowest BCUT2D eigenvalue weighted by molar-refractivity contribution is 0.0991. The molecule has 6 nitrogen and oxygen atoms in total. The zero-order valence-electron chi connectivity index (χ0n) is 14.3. The Morgan fingerprint density at radius 3 is 2.44 bits per heavy atom. The quantitative estimate of drug-likeness (QED) is 0.850. The molecule has 6 heteroatoms. The van der Waals surface area contributed by atoms with Crippen LogP contribution < -0.4 is 23.7 Å². The van der Waals surface area contributed by atoms with Crippen molar-refractivity contribution in [1.29, 1.82) is 0 Å². The number of ketones is 1. The van der Waals surface area contributed by atoms with Crippen molar-refractivity contribution in [3.8, 4) is 28.7 Å². The summed E-state index contributed by atoms with van der Waals surface area (Å²) in [5.74, 6) is 2.83. The van der Waals surface area contributed by atoms with E-state index in [2.05, 4.69) is 0 Å². The fourth-order valence-electron chi connectivity index (χ4n) is 3.57. The summed E-state index contributed by atoms with van der Waals surface area (Å²) in [6.07, 6.45) is 0.363. The summed E-state index contributed by atoms with van der Waals surface area (Å²) in [6, 6.07) is 7.47. The fraction of sp³-hybridized carbons (Fsp3) is 0.316. The van der Waals surface area contributed by atoms with E-state index in [4.69, 9.17) is 23.7 Å². The molecule has 2 aromatic rings. The van der Waals surface area contributed by atoms with Gasteiger partial charge in [0.1, 0.15) is 0 Å². The number of methoxy groups -OCH3 is 3. The van der Waals surface area contributed by atoms with E-state index in [-0.39, 0.29) is 18.5 Å². The first kappa shape index (κ1) is 15.6. The Balaban J connectivity index is 1.89. The summed E-state index contributed by atoms with van der Waals surface area (Å²) in [7, 11) is 4.66. The molecule has 0 fully saturated rings. The summed E-state index contributed by atoms with van der Waals surface area (Å²) in [6.45, 7) is 0.216. The number of benzene rings is 2. The topological polar surface area (TPSA) is 63.2 Å². The van der Waals surface area contributed by atoms with E-state index >= 15 is 0 Å². The van der Waals surface area contributed by atoms with Gasteiger partial charge in [-0.3, -0.25) is 4.79 Å². The van der Waals surface area contributed by atoms with Crippen molar-refractivity contribution < 1.29 is 28.5 Å². The maximum atomic E-state index is 12.6. The van der Waals surface area contributed by atoms with E-state index in [1.807, 2.05) is 18.2 Å². The molecule has 1 heterocycles. The van der Waals surface area contributed by atoms with Gasteiger partial charge in [-0.15, -0.1) is 0 Å². The second-order valence-corrected chi connectivity index (χ2v) is 5.90. The maximum Gasteiger partial charge on any atom is 0.231 e. The number of fused-ring (bicyclic) bond motifs is 2. The third-order valence-electron chi connectivity index (χ3n) is 4.71. The van der Waals surface area contributed by atoms with E-state index in [0.717, 1.165) is 11.1 Å². The number of Topliss-reactive ketones (excluding diaryl/α,β-unsaturated/α-hetero) is 1. The molecule has 25 heavy (non-hydrogen) atoms. The van der Waals surface area contributed by atoms with Gasteiger partial charge in [0.05, 0.1) is 21.3 Å². The molecule has 0 bridgehead atoms. The van der Waals surface area contributed by atoms with Gasteiger partial charge in [0, 0.05) is 23.5 Å². The maximum absolute atomic E-state index is 12.6. The molecule has 4 rings (SSSR count). The monoisotopic (exact) mass is 342 g/mol. The standard InChI is InChI=1S/C19H18O6/c1-21-16-8-12-13(20)7-11(17(12)19(23-3)18(16)22-2)10-4-5-14-15(6-10)25-9-24-14/h4-6,8,11H,7,9H2,1-3H3. The smallest absolute Gasteiger partial charge is 0.231 e. The van der Waals surface area contributed by atoms with Gasteiger partial charge in [-0.2, -0.15) is 0 Å². The Kier molecular flexibility index (Phi) is 3.67. The molecule has 0 aromatic heterocycles. The average molecular weight is 342 g/mol. The molecule has 0 saturated carbocycles. The van der Waals surface area contributed by atoms with Crippen molar-refractivity contribution >= 4 is 5.78 Å². The Bertz CT molecular complexity index is 857. The predicted octanol–water partition coefficient (Wildman–Crippen LogP) is 3.16. The Hall–Kier alpha value is -2.89. The van der Waals surface area contributed by atoms with Crippen LogP contribution in [0.1, 0.15) is 33.8 Å². The lowest BCUT2D eigenvalue weighted by Crippen LogP contribution is -2.03. The normalized spacial score (nSPS) is 17.4. The van der Waals surface area contributed by atoms with E-state index < -0.39 is 0 Å². The van der Waals surface area contributed by atoms with Crippen LogP contribution in [0.25, 0.3) is 0 Å². The highest BCUT2D eigenvalue weighted by Crippen LogP contribution is 2.52. The van der Waals surface area contributed by atoms with Crippen LogP contribution in [-0.2, 0) is 0 Å². The van der Waals surface area contributed by atoms with Crippen LogP contribution in [0.3, 0.4) is 0 Å². The van der Waals surface area contributed by atoms with Crippen LogP contribution in [0.5, 0.6) is 28.7 Å². The number of ether oxygens (including phenoxy) is 5. The van der Waals surface area contributed by atoms with Gasteiger partial charge in [0.2, 0.25) is 12.5 Å². The summed E-state index contributed by atoms with van der Waals surface area (Å²) in [5.41, 5.74) is 2.41. The van der Waals surface area contributed by atoms with Crippen LogP contribution >= 0.6 is 0 Å². The summed E-state index contributed by atoms with van der Waals surface area (Å²) < 4.78 is 27.3. The molecule has 0 radical (unpaired) electrons. The van der Waals surface area contributed by atoms with E-state index in [1.165, 1.54) is 0 Å². The minimum absolute atomic E-state index is 0.0527. The second kappa shape index (κ2) is 5.88. The number of hydrogen-bond acceptors (Lipinski definition) is 6. The van der Waals surface area contributed by atoms with E-state index in [9.17, 15) is 4.79 Å². The molecular formula is C19H18O6. The number of carbonyl (C=O) groups is 1. The summed E-state index contributed by atoms with van der Waals surface area (Å²) in [4.78, 5) is 12.6. The highest BCUT2D eigenvalue weighted by molar-refractivity contribution is 6.03. The zero-order valence-corrected chi connectivity index (χ0v) is 14.3. The van der Waals surface area contributed by atoms with Gasteiger partial charge >= 0.3 is 0 Å². The molecule has 1 unspecified atom stereocenters. The molecule has 0 spiro atoms. The Morgan fingerprint density at radius 1 is 0.960 bits per heavy atom. The number of hydrogen-bond donors (Lipinski definition) is 0. The highest BCUT2D eigenvalue weighted by Gasteiger charge is 2.37.